The molecule has 9 heteroatoms. The monoisotopic (exact) mass is 477 g/mol. The highest BCUT2D eigenvalue weighted by molar-refractivity contribution is 6.30. The van der Waals surface area contributed by atoms with Crippen LogP contribution in [0.2, 0.25) is 5.02 Å². The van der Waals surface area contributed by atoms with Gasteiger partial charge in [0, 0.05) is 36.3 Å². The lowest BCUT2D eigenvalue weighted by atomic mass is 10.1. The van der Waals surface area contributed by atoms with Gasteiger partial charge in [-0.3, -0.25) is 14.4 Å². The number of rotatable bonds is 4. The largest absolute Gasteiger partial charge is 0.331 e. The normalized spacial score (nSPS) is 15.2. The van der Waals surface area contributed by atoms with E-state index in [0.29, 0.717) is 27.8 Å². The predicted molar refractivity (Wildman–Crippen MR) is 131 cm³/mol. The summed E-state index contributed by atoms with van der Waals surface area (Å²) < 4.78 is 0. The van der Waals surface area contributed by atoms with Crippen molar-refractivity contribution in [2.45, 2.75) is 26.3 Å². The number of nitrogens with one attached hydrogen (secondary N) is 1. The Morgan fingerprint density at radius 3 is 2.62 bits per heavy atom. The molecule has 1 unspecified atom stereocenters. The number of fused-ring (bicyclic) bond motifs is 1. The summed E-state index contributed by atoms with van der Waals surface area (Å²) >= 11 is 5.96. The van der Waals surface area contributed by atoms with Crippen molar-refractivity contribution in [1.82, 2.24) is 14.9 Å². The van der Waals surface area contributed by atoms with Gasteiger partial charge in [-0.1, -0.05) is 23.7 Å². The first-order chi connectivity index (χ1) is 16.2. The Labute approximate surface area is 202 Å². The van der Waals surface area contributed by atoms with Crippen LogP contribution in [-0.2, 0) is 9.59 Å². The minimum atomic E-state index is -0.395. The maximum absolute atomic E-state index is 13.3. The van der Waals surface area contributed by atoms with E-state index in [4.69, 9.17) is 11.6 Å². The van der Waals surface area contributed by atoms with E-state index in [1.807, 2.05) is 6.92 Å². The first-order valence-electron chi connectivity index (χ1n) is 10.8. The van der Waals surface area contributed by atoms with Gasteiger partial charge in [0.2, 0.25) is 11.8 Å². The number of aryl methyl sites for hydroxylation is 1. The predicted octanol–water partition coefficient (Wildman–Crippen LogP) is 3.94. The number of likely N-dealkylation sites (N-methyl/N-ethyl adjacent to an activating group) is 1. The summed E-state index contributed by atoms with van der Waals surface area (Å²) in [6, 6.07) is 13.8. The van der Waals surface area contributed by atoms with E-state index in [1.54, 1.807) is 73.6 Å². The third kappa shape index (κ3) is 4.77. The number of hydrogen-bond acceptors (Lipinski definition) is 5. The van der Waals surface area contributed by atoms with Gasteiger partial charge in [0.25, 0.3) is 5.91 Å². The molecule has 1 aromatic heterocycles. The first-order valence-corrected chi connectivity index (χ1v) is 11.2. The SMILES string of the molecule is Cc1cnc(-c2ccc(Cl)cc2)nc1C(=O)N(C)CC(=O)N1c2ccccc2NC(=O)CC1C. The Balaban J connectivity index is 1.57. The molecule has 174 valence electrons. The van der Waals surface area contributed by atoms with Crippen LogP contribution < -0.4 is 10.2 Å². The molecule has 1 aliphatic rings. The van der Waals surface area contributed by atoms with Crippen LogP contribution in [0.3, 0.4) is 0 Å². The second-order valence-corrected chi connectivity index (χ2v) is 8.71. The second-order valence-electron chi connectivity index (χ2n) is 8.28. The fraction of sp³-hybridized carbons (Fsp3) is 0.240. The molecule has 0 radical (unpaired) electrons. The van der Waals surface area contributed by atoms with Crippen molar-refractivity contribution >= 4 is 40.7 Å². The number of carbonyl (C=O) groups excluding carboxylic acids is 3. The molecule has 1 aliphatic heterocycles. The van der Waals surface area contributed by atoms with Gasteiger partial charge >= 0.3 is 0 Å². The standard InChI is InChI=1S/C25H24ClN5O3/c1-15-13-27-24(17-8-10-18(26)11-9-17)29-23(15)25(34)30(3)14-22(33)31-16(2)12-21(32)28-19-6-4-5-7-20(19)31/h4-11,13,16H,12,14H2,1-3H3,(H,28,32). The molecule has 1 atom stereocenters. The zero-order valence-electron chi connectivity index (χ0n) is 19.1. The second kappa shape index (κ2) is 9.61. The number of para-hydroxylation sites is 2. The van der Waals surface area contributed by atoms with Crippen LogP contribution in [0.5, 0.6) is 0 Å². The molecule has 3 amide bonds. The molecule has 3 aromatic rings. The number of hydrogen-bond donors (Lipinski definition) is 1. The summed E-state index contributed by atoms with van der Waals surface area (Å²) in [6.45, 7) is 3.39. The van der Waals surface area contributed by atoms with Gasteiger partial charge in [0.1, 0.15) is 12.2 Å². The van der Waals surface area contributed by atoms with Crippen LogP contribution in [0.25, 0.3) is 11.4 Å². The van der Waals surface area contributed by atoms with Crippen molar-refractivity contribution in [2.75, 3.05) is 23.8 Å². The highest BCUT2D eigenvalue weighted by Gasteiger charge is 2.31. The molecule has 0 bridgehead atoms. The number of aromatic nitrogens is 2. The summed E-state index contributed by atoms with van der Waals surface area (Å²) in [6.07, 6.45) is 1.75. The highest BCUT2D eigenvalue weighted by Crippen LogP contribution is 2.31. The number of benzene rings is 2. The van der Waals surface area contributed by atoms with Crippen LogP contribution in [0.15, 0.2) is 54.7 Å². The summed E-state index contributed by atoms with van der Waals surface area (Å²) in [5, 5.41) is 3.42. The molecule has 0 saturated heterocycles. The molecular formula is C25H24ClN5O3. The molecule has 1 N–H and O–H groups in total. The molecule has 8 nitrogen and oxygen atoms in total. The van der Waals surface area contributed by atoms with E-state index in [0.717, 1.165) is 5.56 Å². The topological polar surface area (TPSA) is 95.5 Å². The molecule has 0 aliphatic carbocycles. The lowest BCUT2D eigenvalue weighted by molar-refractivity contribution is -0.119. The lowest BCUT2D eigenvalue weighted by Gasteiger charge is -2.29. The van der Waals surface area contributed by atoms with E-state index in [-0.39, 0.29) is 36.5 Å². The average Bonchev–Trinajstić information content (AvgIpc) is 2.93. The Morgan fingerprint density at radius 1 is 1.18 bits per heavy atom. The van der Waals surface area contributed by atoms with Crippen molar-refractivity contribution in [3.05, 3.63) is 71.0 Å². The molecular weight excluding hydrogens is 454 g/mol. The van der Waals surface area contributed by atoms with Crippen molar-refractivity contribution < 1.29 is 14.4 Å². The fourth-order valence-electron chi connectivity index (χ4n) is 3.90. The zero-order chi connectivity index (χ0) is 24.4. The number of anilines is 2. The number of halogens is 1. The first kappa shape index (κ1) is 23.4. The smallest absolute Gasteiger partial charge is 0.273 e. The fourth-order valence-corrected chi connectivity index (χ4v) is 4.02. The molecule has 0 saturated carbocycles. The van der Waals surface area contributed by atoms with Gasteiger partial charge in [0.05, 0.1) is 11.4 Å². The molecule has 0 spiro atoms. The van der Waals surface area contributed by atoms with Gasteiger partial charge in [0.15, 0.2) is 5.82 Å². The van der Waals surface area contributed by atoms with Crippen LogP contribution in [0.4, 0.5) is 11.4 Å². The maximum atomic E-state index is 13.3. The summed E-state index contributed by atoms with van der Waals surface area (Å²) in [5.74, 6) is -0.457. The Hall–Kier alpha value is -3.78. The van der Waals surface area contributed by atoms with Crippen molar-refractivity contribution in [1.29, 1.82) is 0 Å². The van der Waals surface area contributed by atoms with Crippen molar-refractivity contribution in [2.24, 2.45) is 0 Å². The number of nitrogens with zero attached hydrogens (tertiary/aromatic N) is 4. The third-order valence-electron chi connectivity index (χ3n) is 5.62. The molecule has 34 heavy (non-hydrogen) atoms. The van der Waals surface area contributed by atoms with E-state index < -0.39 is 5.91 Å². The summed E-state index contributed by atoms with van der Waals surface area (Å²) in [7, 11) is 1.56. The maximum Gasteiger partial charge on any atom is 0.273 e. The zero-order valence-corrected chi connectivity index (χ0v) is 19.8. The van der Waals surface area contributed by atoms with Gasteiger partial charge < -0.3 is 15.1 Å². The van der Waals surface area contributed by atoms with E-state index in [2.05, 4.69) is 15.3 Å². The number of carbonyl (C=O) groups is 3. The Morgan fingerprint density at radius 2 is 1.88 bits per heavy atom. The van der Waals surface area contributed by atoms with Gasteiger partial charge in [-0.2, -0.15) is 0 Å². The minimum absolute atomic E-state index is 0.160. The third-order valence-corrected chi connectivity index (χ3v) is 5.88. The lowest BCUT2D eigenvalue weighted by Crippen LogP contribution is -2.45. The van der Waals surface area contributed by atoms with Crippen molar-refractivity contribution in [3.63, 3.8) is 0 Å². The van der Waals surface area contributed by atoms with Gasteiger partial charge in [-0.25, -0.2) is 9.97 Å². The van der Waals surface area contributed by atoms with E-state index in [1.165, 1.54) is 4.90 Å². The van der Waals surface area contributed by atoms with Crippen LogP contribution >= 0.6 is 11.6 Å². The summed E-state index contributed by atoms with van der Waals surface area (Å²) in [5.41, 5.74) is 2.72. The minimum Gasteiger partial charge on any atom is -0.331 e. The number of amides is 3. The van der Waals surface area contributed by atoms with Crippen LogP contribution in [-0.4, -0.2) is 52.2 Å². The van der Waals surface area contributed by atoms with Crippen LogP contribution in [0, 0.1) is 6.92 Å². The van der Waals surface area contributed by atoms with Gasteiger partial charge in [-0.05, 0) is 55.8 Å². The molecule has 4 rings (SSSR count). The van der Waals surface area contributed by atoms with Crippen LogP contribution in [0.1, 0.15) is 29.4 Å². The highest BCUT2D eigenvalue weighted by atomic mass is 35.5. The molecule has 2 heterocycles. The summed E-state index contributed by atoms with van der Waals surface area (Å²) in [4.78, 5) is 50.5. The quantitative estimate of drug-likeness (QED) is 0.614. The Kier molecular flexibility index (Phi) is 6.61. The Bertz CT molecular complexity index is 1260. The van der Waals surface area contributed by atoms with E-state index in [9.17, 15) is 14.4 Å². The molecule has 2 aromatic carbocycles. The van der Waals surface area contributed by atoms with E-state index >= 15 is 0 Å². The van der Waals surface area contributed by atoms with Crippen molar-refractivity contribution in [3.8, 4) is 11.4 Å². The van der Waals surface area contributed by atoms with Gasteiger partial charge in [-0.15, -0.1) is 0 Å². The average molecular weight is 478 g/mol. The molecule has 0 fully saturated rings.